The molecule has 0 aliphatic carbocycles. The SMILES string of the molecule is C.O=C(CN1CCN(CP(=O)(O)O)CCC(CC(=O)OC(=O)c2ccnc(-c3ccccn3)c2)CCN(CP(=O)(O)O)CC1)Nc1ccc2c(Nc3ccc(Br)cc3)ncnc2c1.[Ga+3].[Ru].c1ccc(-c2ccccn2)nc1.c1ccc(-c2ccccn2)nc1. The Morgan fingerprint density at radius 3 is 1.45 bits per heavy atom. The average Bonchev–Trinajstić information content (AvgIpc) is 3.44. The Labute approximate surface area is 549 Å². The van der Waals surface area contributed by atoms with E-state index in [4.69, 9.17) is 4.74 Å². The summed E-state index contributed by atoms with van der Waals surface area (Å²) in [6, 6.07) is 44.1. The van der Waals surface area contributed by atoms with E-state index in [1.165, 1.54) is 24.7 Å². The van der Waals surface area contributed by atoms with Gasteiger partial charge in [-0.25, -0.2) is 14.8 Å². The molecule has 0 saturated carbocycles. The zero-order chi connectivity index (χ0) is 60.7. The maximum Gasteiger partial charge on any atom is 3.00 e. The molecule has 10 rings (SSSR count). The first-order valence-corrected chi connectivity index (χ1v) is 31.5. The average molecular weight is 1450 g/mol. The zero-order valence-corrected chi connectivity index (χ0v) is 54.9. The van der Waals surface area contributed by atoms with Gasteiger partial charge in [0.15, 0.2) is 0 Å². The molecule has 7 aromatic heterocycles. The standard InChI is InChI=1S/C40H46BrN9O10P2.2C10H8N2.CH4.Ga.Ru/c41-30-4-6-31(7-5-30)47-39-33-9-8-32(23-35(33)44-25-45-39)46-37(51)24-48-17-19-49(26-61(54,55)56)15-11-28(12-16-50(20-18-48)27-62(57,58)59)21-38(52)60-40(53)29-10-14-43-36(22-29)34-3-1-2-13-42-34;2*1-3-7-11-9(5-1)10-6-2-4-8-12-10;;;/h1-10,13-14,22-23,25,28H,11-12,15-21,24,26-27H2,(H,46,51)(H,44,45,47)(H2,54,55,56)(H2,57,58,59);2*1-8H;1H4;;/q;;;;+3;. The Balaban J connectivity index is 0.000000437. The number of benzene rings is 2. The van der Waals surface area contributed by atoms with Crippen molar-refractivity contribution in [3.63, 3.8) is 0 Å². The second-order valence-corrected chi connectivity index (χ2v) is 23.8. The molecule has 0 bridgehead atoms. The van der Waals surface area contributed by atoms with Gasteiger partial charge in [0.05, 0.1) is 51.8 Å². The van der Waals surface area contributed by atoms with Crippen molar-refractivity contribution >= 4 is 96.9 Å². The molecule has 1 saturated heterocycles. The zero-order valence-electron chi connectivity index (χ0n) is 47.3. The summed E-state index contributed by atoms with van der Waals surface area (Å²) in [6.45, 7) is 0.689. The summed E-state index contributed by atoms with van der Waals surface area (Å²) in [7, 11) is -9.08. The predicted octanol–water partition coefficient (Wildman–Crippen LogP) is 9.43. The summed E-state index contributed by atoms with van der Waals surface area (Å²) in [6.07, 6.45) is 10.5. The third kappa shape index (κ3) is 25.1. The van der Waals surface area contributed by atoms with Crippen molar-refractivity contribution in [2.45, 2.75) is 26.7 Å². The number of rotatable bonds is 15. The van der Waals surface area contributed by atoms with E-state index in [-0.39, 0.29) is 117 Å². The van der Waals surface area contributed by atoms with E-state index in [9.17, 15) is 43.1 Å². The second-order valence-electron chi connectivity index (χ2n) is 19.7. The number of halogens is 1. The van der Waals surface area contributed by atoms with Gasteiger partial charge < -0.3 is 34.9 Å². The van der Waals surface area contributed by atoms with E-state index in [0.717, 1.165) is 38.3 Å². The quantitative estimate of drug-likeness (QED) is 0.0241. The van der Waals surface area contributed by atoms with E-state index in [2.05, 4.69) is 66.4 Å². The smallest absolute Gasteiger partial charge is 0.389 e. The second kappa shape index (κ2) is 36.6. The van der Waals surface area contributed by atoms with Gasteiger partial charge in [-0.15, -0.1) is 0 Å². The van der Waals surface area contributed by atoms with E-state index < -0.39 is 51.5 Å². The van der Waals surface area contributed by atoms with Crippen LogP contribution in [0.2, 0.25) is 0 Å². The number of nitrogens with one attached hydrogen (secondary N) is 2. The molecule has 0 unspecified atom stereocenters. The molecule has 460 valence electrons. The van der Waals surface area contributed by atoms with Crippen LogP contribution in [0.5, 0.6) is 0 Å². The third-order valence-electron chi connectivity index (χ3n) is 13.1. The Bertz CT molecular complexity index is 3550. The molecule has 1 fully saturated rings. The van der Waals surface area contributed by atoms with Crippen molar-refractivity contribution in [2.75, 3.05) is 69.0 Å². The van der Waals surface area contributed by atoms with Crippen molar-refractivity contribution in [1.29, 1.82) is 0 Å². The van der Waals surface area contributed by atoms with Crippen LogP contribution in [-0.4, -0.2) is 170 Å². The number of nitrogens with zero attached hydrogens (tertiary/aromatic N) is 11. The van der Waals surface area contributed by atoms with Crippen molar-refractivity contribution in [3.05, 3.63) is 199 Å². The molecule has 1 aliphatic heterocycles. The molecule has 8 heterocycles. The molecular formula is C61H66BrGaN13O10P2Ru+3. The van der Waals surface area contributed by atoms with Gasteiger partial charge in [-0.05, 0) is 147 Å². The summed E-state index contributed by atoms with van der Waals surface area (Å²) in [5.41, 5.74) is 6.53. The molecule has 89 heavy (non-hydrogen) atoms. The first-order valence-electron chi connectivity index (χ1n) is 27.1. The first kappa shape index (κ1) is 72.8. The Morgan fingerprint density at radius 1 is 0.539 bits per heavy atom. The number of esters is 2. The fourth-order valence-electron chi connectivity index (χ4n) is 8.96. The number of pyridine rings is 6. The Morgan fingerprint density at radius 2 is 0.989 bits per heavy atom. The largest absolute Gasteiger partial charge is 3.00 e. The monoisotopic (exact) mass is 1450 g/mol. The molecule has 28 heteroatoms. The fourth-order valence-corrected chi connectivity index (χ4v) is 10.8. The van der Waals surface area contributed by atoms with Crippen LogP contribution in [0.4, 0.5) is 17.2 Å². The van der Waals surface area contributed by atoms with Gasteiger partial charge in [0.25, 0.3) is 0 Å². The molecule has 1 aliphatic rings. The van der Waals surface area contributed by atoms with Gasteiger partial charge in [-0.3, -0.25) is 63.3 Å². The number of amides is 1. The summed E-state index contributed by atoms with van der Waals surface area (Å²) >= 11 is 3.42. The summed E-state index contributed by atoms with van der Waals surface area (Å²) < 4.78 is 30.6. The van der Waals surface area contributed by atoms with E-state index in [1.807, 2.05) is 97.1 Å². The van der Waals surface area contributed by atoms with Crippen LogP contribution in [-0.2, 0) is 42.9 Å². The molecule has 0 spiro atoms. The number of aromatic nitrogens is 8. The van der Waals surface area contributed by atoms with Crippen LogP contribution < -0.4 is 10.6 Å². The number of hydrogen-bond acceptors (Lipinski definition) is 18. The minimum absolute atomic E-state index is 0. The van der Waals surface area contributed by atoms with Crippen LogP contribution in [0.25, 0.3) is 45.1 Å². The fraction of sp³-hybridized carbons (Fsp3) is 0.230. The maximum absolute atomic E-state index is 13.5. The summed E-state index contributed by atoms with van der Waals surface area (Å²) in [5.74, 6) is -2.04. The van der Waals surface area contributed by atoms with Gasteiger partial charge in [-0.2, -0.15) is 0 Å². The number of carbonyl (C=O) groups is 3. The number of ether oxygens (including phenoxy) is 1. The number of carbonyl (C=O) groups excluding carboxylic acids is 3. The van der Waals surface area contributed by atoms with Crippen LogP contribution in [0.3, 0.4) is 0 Å². The van der Waals surface area contributed by atoms with Crippen molar-refractivity contribution in [1.82, 2.24) is 54.6 Å². The van der Waals surface area contributed by atoms with Crippen LogP contribution in [0.1, 0.15) is 37.0 Å². The molecule has 6 N–H and O–H groups in total. The van der Waals surface area contributed by atoms with Gasteiger partial charge in [0.2, 0.25) is 5.91 Å². The van der Waals surface area contributed by atoms with Gasteiger partial charge in [0, 0.05) is 110 Å². The molecule has 0 radical (unpaired) electrons. The van der Waals surface area contributed by atoms with Gasteiger partial charge in [-0.1, -0.05) is 53.7 Å². The Kier molecular flexibility index (Phi) is 29.9. The van der Waals surface area contributed by atoms with E-state index >= 15 is 0 Å². The molecule has 0 atom stereocenters. The normalized spacial score (nSPS) is 13.5. The third-order valence-corrected chi connectivity index (χ3v) is 15.2. The maximum atomic E-state index is 13.5. The van der Waals surface area contributed by atoms with Crippen molar-refractivity contribution in [2.24, 2.45) is 5.92 Å². The van der Waals surface area contributed by atoms with Crippen LogP contribution in [0, 0.1) is 5.92 Å². The van der Waals surface area contributed by atoms with E-state index in [0.29, 0.717) is 28.4 Å². The number of anilines is 3. The molecular weight excluding hydrogens is 1390 g/mol. The van der Waals surface area contributed by atoms with Crippen molar-refractivity contribution < 1.29 is 67.3 Å². The topological polar surface area (TPSA) is 312 Å². The molecule has 1 amide bonds. The minimum atomic E-state index is -4.54. The molecule has 23 nitrogen and oxygen atoms in total. The summed E-state index contributed by atoms with van der Waals surface area (Å²) in [5, 5.41) is 6.88. The minimum Gasteiger partial charge on any atom is -0.389 e. The predicted molar refractivity (Wildman–Crippen MR) is 342 cm³/mol. The number of hydrogen-bond donors (Lipinski definition) is 6. The van der Waals surface area contributed by atoms with Gasteiger partial charge >= 0.3 is 46.9 Å². The van der Waals surface area contributed by atoms with Crippen molar-refractivity contribution in [3.8, 4) is 34.2 Å². The summed E-state index contributed by atoms with van der Waals surface area (Å²) in [4.78, 5) is 118. The van der Waals surface area contributed by atoms with E-state index in [1.54, 1.807) is 82.1 Å². The van der Waals surface area contributed by atoms with Gasteiger partial charge in [0.1, 0.15) is 24.7 Å². The van der Waals surface area contributed by atoms with Crippen LogP contribution in [0.15, 0.2) is 194 Å². The molecule has 2 aromatic carbocycles. The first-order chi connectivity index (χ1) is 41.5. The Hall–Kier alpha value is -6.99. The van der Waals surface area contributed by atoms with Crippen LogP contribution >= 0.6 is 31.1 Å². The molecule has 9 aromatic rings. The number of fused-ring (bicyclic) bond motifs is 1.